The molecule has 0 bridgehead atoms. The molecule has 0 fully saturated rings. The second-order valence-electron chi connectivity index (χ2n) is 5.83. The van der Waals surface area contributed by atoms with Gasteiger partial charge in [-0.1, -0.05) is 54.6 Å². The van der Waals surface area contributed by atoms with Crippen LogP contribution in [0.1, 0.15) is 24.8 Å². The Morgan fingerprint density at radius 1 is 1.00 bits per heavy atom. The molecule has 0 saturated carbocycles. The molecule has 0 heterocycles. The minimum Gasteiger partial charge on any atom is -0.273 e. The first-order valence-corrected chi connectivity index (χ1v) is 7.94. The van der Waals surface area contributed by atoms with Crippen LogP contribution < -0.4 is 10.9 Å². The average molecular weight is 308 g/mol. The van der Waals surface area contributed by atoms with Crippen molar-refractivity contribution < 1.29 is 9.59 Å². The van der Waals surface area contributed by atoms with Crippen LogP contribution in [0.5, 0.6) is 0 Å². The highest BCUT2D eigenvalue weighted by atomic mass is 16.2. The van der Waals surface area contributed by atoms with Gasteiger partial charge in [-0.25, -0.2) is 0 Å². The van der Waals surface area contributed by atoms with E-state index in [9.17, 15) is 9.59 Å². The molecule has 1 unspecified atom stereocenters. The van der Waals surface area contributed by atoms with E-state index in [1.165, 1.54) is 0 Å². The van der Waals surface area contributed by atoms with Gasteiger partial charge in [0, 0.05) is 5.92 Å². The van der Waals surface area contributed by atoms with E-state index in [4.69, 9.17) is 0 Å². The van der Waals surface area contributed by atoms with Gasteiger partial charge in [0.2, 0.25) is 11.8 Å². The molecule has 4 nitrogen and oxygen atoms in total. The summed E-state index contributed by atoms with van der Waals surface area (Å²) in [5.41, 5.74) is 6.03. The van der Waals surface area contributed by atoms with Crippen LogP contribution in [0.4, 0.5) is 0 Å². The molecular weight excluding hydrogens is 288 g/mol. The molecule has 3 rings (SSSR count). The Bertz CT molecular complexity index is 747. The standard InChI is InChI=1S/C19H20N2O2/c22-18(20-21-19(23)15-8-2-1-3-9-15)13-16-11-6-10-14-7-4-5-12-17(14)16/h1-2,4-7,10-12,15H,3,8-9,13H2,(H,20,22)(H,21,23). The van der Waals surface area contributed by atoms with Crippen LogP contribution >= 0.6 is 0 Å². The molecule has 2 amide bonds. The highest BCUT2D eigenvalue weighted by Gasteiger charge is 2.19. The van der Waals surface area contributed by atoms with E-state index in [1.807, 2.05) is 48.5 Å². The minimum absolute atomic E-state index is 0.0437. The van der Waals surface area contributed by atoms with Gasteiger partial charge in [-0.15, -0.1) is 0 Å². The lowest BCUT2D eigenvalue weighted by Gasteiger charge is -2.17. The lowest BCUT2D eigenvalue weighted by atomic mass is 9.94. The molecule has 0 saturated heterocycles. The SMILES string of the molecule is O=C(Cc1cccc2ccccc12)NNC(=O)C1CC=CCC1. The molecule has 4 heteroatoms. The first kappa shape index (κ1) is 15.3. The monoisotopic (exact) mass is 308 g/mol. The van der Waals surface area contributed by atoms with E-state index in [-0.39, 0.29) is 24.2 Å². The molecule has 23 heavy (non-hydrogen) atoms. The predicted molar refractivity (Wildman–Crippen MR) is 90.4 cm³/mol. The average Bonchev–Trinajstić information content (AvgIpc) is 2.61. The molecule has 1 aliphatic rings. The van der Waals surface area contributed by atoms with Crippen LogP contribution in [-0.2, 0) is 16.0 Å². The van der Waals surface area contributed by atoms with Crippen molar-refractivity contribution in [3.8, 4) is 0 Å². The summed E-state index contributed by atoms with van der Waals surface area (Å²) >= 11 is 0. The predicted octanol–water partition coefficient (Wildman–Crippen LogP) is 2.89. The number of benzene rings is 2. The van der Waals surface area contributed by atoms with E-state index in [0.29, 0.717) is 0 Å². The van der Waals surface area contributed by atoms with Crippen LogP contribution in [0.3, 0.4) is 0 Å². The Balaban J connectivity index is 1.58. The number of allylic oxidation sites excluding steroid dienone is 2. The van der Waals surface area contributed by atoms with Gasteiger partial charge < -0.3 is 0 Å². The van der Waals surface area contributed by atoms with E-state index >= 15 is 0 Å². The maximum Gasteiger partial charge on any atom is 0.242 e. The highest BCUT2D eigenvalue weighted by molar-refractivity contribution is 5.91. The zero-order chi connectivity index (χ0) is 16.1. The number of hydrazine groups is 1. The summed E-state index contributed by atoms with van der Waals surface area (Å²) in [5, 5.41) is 2.17. The largest absolute Gasteiger partial charge is 0.273 e. The molecule has 0 spiro atoms. The Morgan fingerprint density at radius 2 is 1.83 bits per heavy atom. The number of rotatable bonds is 3. The van der Waals surface area contributed by atoms with E-state index < -0.39 is 0 Å². The minimum atomic E-state index is -0.207. The third-order valence-corrected chi connectivity index (χ3v) is 4.20. The number of carbonyl (C=O) groups excluding carboxylic acids is 2. The molecule has 1 aliphatic carbocycles. The molecular formula is C19H20N2O2. The number of hydrogen-bond donors (Lipinski definition) is 2. The third kappa shape index (κ3) is 3.77. The van der Waals surface area contributed by atoms with Gasteiger partial charge in [0.25, 0.3) is 0 Å². The molecule has 1 atom stereocenters. The van der Waals surface area contributed by atoms with Gasteiger partial charge in [-0.05, 0) is 35.6 Å². The van der Waals surface area contributed by atoms with Gasteiger partial charge in [0.15, 0.2) is 0 Å². The van der Waals surface area contributed by atoms with Gasteiger partial charge in [0.05, 0.1) is 6.42 Å². The summed E-state index contributed by atoms with van der Waals surface area (Å²) in [5.74, 6) is -0.362. The zero-order valence-corrected chi connectivity index (χ0v) is 12.9. The van der Waals surface area contributed by atoms with Gasteiger partial charge >= 0.3 is 0 Å². The number of fused-ring (bicyclic) bond motifs is 1. The number of carbonyl (C=O) groups is 2. The Morgan fingerprint density at radius 3 is 2.65 bits per heavy atom. The van der Waals surface area contributed by atoms with Crippen molar-refractivity contribution >= 4 is 22.6 Å². The van der Waals surface area contributed by atoms with Crippen molar-refractivity contribution in [3.63, 3.8) is 0 Å². The summed E-state index contributed by atoms with van der Waals surface area (Å²) in [7, 11) is 0. The zero-order valence-electron chi connectivity index (χ0n) is 12.9. The lowest BCUT2D eigenvalue weighted by molar-refractivity contribution is -0.131. The fourth-order valence-electron chi connectivity index (χ4n) is 2.93. The normalized spacial score (nSPS) is 17.0. The number of nitrogens with one attached hydrogen (secondary N) is 2. The quantitative estimate of drug-likeness (QED) is 0.676. The summed E-state index contributed by atoms with van der Waals surface area (Å²) in [4.78, 5) is 24.1. The number of amides is 2. The summed E-state index contributed by atoms with van der Waals surface area (Å²) in [6.45, 7) is 0. The summed E-state index contributed by atoms with van der Waals surface area (Å²) in [6, 6.07) is 13.9. The van der Waals surface area contributed by atoms with Crippen molar-refractivity contribution in [2.45, 2.75) is 25.7 Å². The maximum absolute atomic E-state index is 12.1. The highest BCUT2D eigenvalue weighted by Crippen LogP contribution is 2.19. The Kier molecular flexibility index (Phi) is 4.71. The van der Waals surface area contributed by atoms with Crippen LogP contribution in [0.15, 0.2) is 54.6 Å². The van der Waals surface area contributed by atoms with Crippen molar-refractivity contribution in [2.75, 3.05) is 0 Å². The van der Waals surface area contributed by atoms with Crippen LogP contribution in [-0.4, -0.2) is 11.8 Å². The van der Waals surface area contributed by atoms with Crippen molar-refractivity contribution in [1.82, 2.24) is 10.9 Å². The van der Waals surface area contributed by atoms with Crippen molar-refractivity contribution in [1.29, 1.82) is 0 Å². The summed E-state index contributed by atoms with van der Waals surface area (Å²) < 4.78 is 0. The molecule has 118 valence electrons. The molecule has 2 N–H and O–H groups in total. The van der Waals surface area contributed by atoms with Crippen LogP contribution in [0.25, 0.3) is 10.8 Å². The maximum atomic E-state index is 12.1. The second kappa shape index (κ2) is 7.09. The van der Waals surface area contributed by atoms with E-state index in [1.54, 1.807) is 0 Å². The van der Waals surface area contributed by atoms with Gasteiger partial charge in [0.1, 0.15) is 0 Å². The molecule has 0 aromatic heterocycles. The Hall–Kier alpha value is -2.62. The molecule has 2 aromatic carbocycles. The first-order chi connectivity index (χ1) is 11.2. The first-order valence-electron chi connectivity index (χ1n) is 7.94. The van der Waals surface area contributed by atoms with Crippen LogP contribution in [0, 0.1) is 5.92 Å². The fourth-order valence-corrected chi connectivity index (χ4v) is 2.93. The fraction of sp³-hybridized carbons (Fsp3) is 0.263. The van der Waals surface area contributed by atoms with Gasteiger partial charge in [-0.3, -0.25) is 20.4 Å². The van der Waals surface area contributed by atoms with Crippen LogP contribution in [0.2, 0.25) is 0 Å². The molecule has 0 radical (unpaired) electrons. The van der Waals surface area contributed by atoms with Gasteiger partial charge in [-0.2, -0.15) is 0 Å². The summed E-state index contributed by atoms with van der Waals surface area (Å²) in [6.07, 6.45) is 6.84. The molecule has 0 aliphatic heterocycles. The topological polar surface area (TPSA) is 58.2 Å². The second-order valence-corrected chi connectivity index (χ2v) is 5.83. The number of hydrogen-bond acceptors (Lipinski definition) is 2. The van der Waals surface area contributed by atoms with E-state index in [0.717, 1.165) is 35.6 Å². The van der Waals surface area contributed by atoms with E-state index in [2.05, 4.69) is 16.9 Å². The Labute approximate surface area is 135 Å². The molecule has 2 aromatic rings. The van der Waals surface area contributed by atoms with Crippen molar-refractivity contribution in [3.05, 3.63) is 60.2 Å². The van der Waals surface area contributed by atoms with Crippen molar-refractivity contribution in [2.24, 2.45) is 5.92 Å². The smallest absolute Gasteiger partial charge is 0.242 e. The lowest BCUT2D eigenvalue weighted by Crippen LogP contribution is -2.45. The third-order valence-electron chi connectivity index (χ3n) is 4.20.